The lowest BCUT2D eigenvalue weighted by molar-refractivity contribution is 0.553. The second kappa shape index (κ2) is 15.7. The third-order valence-corrected chi connectivity index (χ3v) is 1.65. The first-order chi connectivity index (χ1) is 7.25. The van der Waals surface area contributed by atoms with E-state index in [2.05, 4.69) is 28.9 Å². The molecule has 0 aromatic rings. The van der Waals surface area contributed by atoms with Crippen LogP contribution in [0.25, 0.3) is 0 Å². The van der Waals surface area contributed by atoms with Gasteiger partial charge in [-0.2, -0.15) is 0 Å². The SMILES string of the molecule is CC.CC.CC.CN=C1N(C)CCN1C. The van der Waals surface area contributed by atoms with Gasteiger partial charge < -0.3 is 9.80 Å². The van der Waals surface area contributed by atoms with E-state index in [1.54, 1.807) is 0 Å². The molecular formula is C12H31N3. The molecule has 0 atom stereocenters. The zero-order valence-electron chi connectivity index (χ0n) is 12.3. The first kappa shape index (κ1) is 19.8. The smallest absolute Gasteiger partial charge is 0.195 e. The van der Waals surface area contributed by atoms with Crippen molar-refractivity contribution in [2.24, 2.45) is 4.99 Å². The number of nitrogens with zero attached hydrogens (tertiary/aromatic N) is 3. The summed E-state index contributed by atoms with van der Waals surface area (Å²) in [6, 6.07) is 0. The van der Waals surface area contributed by atoms with Gasteiger partial charge >= 0.3 is 0 Å². The van der Waals surface area contributed by atoms with Gasteiger partial charge in [0.05, 0.1) is 0 Å². The highest BCUT2D eigenvalue weighted by Crippen LogP contribution is 2.01. The van der Waals surface area contributed by atoms with Crippen molar-refractivity contribution in [2.75, 3.05) is 34.2 Å². The molecule has 0 unspecified atom stereocenters. The van der Waals surface area contributed by atoms with Crippen molar-refractivity contribution in [3.63, 3.8) is 0 Å². The molecule has 3 heteroatoms. The van der Waals surface area contributed by atoms with E-state index in [0.717, 1.165) is 19.0 Å². The molecule has 1 fully saturated rings. The van der Waals surface area contributed by atoms with Crippen molar-refractivity contribution in [1.29, 1.82) is 0 Å². The molecule has 1 heterocycles. The summed E-state index contributed by atoms with van der Waals surface area (Å²) in [5, 5.41) is 0. The molecule has 1 aliphatic heterocycles. The Kier molecular flexibility index (Phi) is 20.7. The molecule has 94 valence electrons. The third kappa shape index (κ3) is 8.28. The van der Waals surface area contributed by atoms with E-state index in [1.807, 2.05) is 48.6 Å². The van der Waals surface area contributed by atoms with Crippen LogP contribution < -0.4 is 0 Å². The number of likely N-dealkylation sites (N-methyl/N-ethyl adjacent to an activating group) is 2. The molecule has 0 spiro atoms. The summed E-state index contributed by atoms with van der Waals surface area (Å²) in [6.45, 7) is 14.2. The van der Waals surface area contributed by atoms with Crippen LogP contribution in [0.4, 0.5) is 0 Å². The van der Waals surface area contributed by atoms with Crippen molar-refractivity contribution in [3.8, 4) is 0 Å². The zero-order valence-corrected chi connectivity index (χ0v) is 12.3. The number of hydrogen-bond donors (Lipinski definition) is 0. The summed E-state index contributed by atoms with van der Waals surface area (Å²) < 4.78 is 0. The Hall–Kier alpha value is -0.730. The molecule has 1 aliphatic rings. The van der Waals surface area contributed by atoms with E-state index in [1.165, 1.54) is 0 Å². The molecule has 0 aromatic carbocycles. The van der Waals surface area contributed by atoms with E-state index in [4.69, 9.17) is 0 Å². The van der Waals surface area contributed by atoms with Crippen LogP contribution in [0.1, 0.15) is 41.5 Å². The molecule has 15 heavy (non-hydrogen) atoms. The van der Waals surface area contributed by atoms with Gasteiger partial charge in [-0.05, 0) is 0 Å². The molecule has 1 rings (SSSR count). The molecule has 0 amide bonds. The Morgan fingerprint density at radius 2 is 1.07 bits per heavy atom. The van der Waals surface area contributed by atoms with Crippen LogP contribution >= 0.6 is 0 Å². The van der Waals surface area contributed by atoms with E-state index >= 15 is 0 Å². The molecule has 0 aliphatic carbocycles. The Morgan fingerprint density at radius 3 is 1.20 bits per heavy atom. The Labute approximate surface area is 97.2 Å². The Balaban J connectivity index is -0.000000208. The van der Waals surface area contributed by atoms with E-state index in [-0.39, 0.29) is 0 Å². The minimum absolute atomic E-state index is 1.09. The molecule has 0 N–H and O–H groups in total. The second-order valence-corrected chi connectivity index (χ2v) is 2.37. The number of rotatable bonds is 0. The summed E-state index contributed by atoms with van der Waals surface area (Å²) in [7, 11) is 5.95. The summed E-state index contributed by atoms with van der Waals surface area (Å²) in [5.41, 5.74) is 0. The van der Waals surface area contributed by atoms with Gasteiger partial charge in [-0.1, -0.05) is 41.5 Å². The third-order valence-electron chi connectivity index (χ3n) is 1.65. The largest absolute Gasteiger partial charge is 0.344 e. The summed E-state index contributed by atoms with van der Waals surface area (Å²) in [6.07, 6.45) is 0. The zero-order chi connectivity index (χ0) is 12.9. The Bertz CT molecular complexity index is 121. The number of hydrogen-bond acceptors (Lipinski definition) is 1. The van der Waals surface area contributed by atoms with Gasteiger partial charge in [-0.15, -0.1) is 0 Å². The number of guanidine groups is 1. The van der Waals surface area contributed by atoms with E-state index in [9.17, 15) is 0 Å². The standard InChI is InChI=1S/C6H13N3.3C2H6/c1-7-6-8(2)4-5-9(6)3;3*1-2/h4-5H2,1-3H3;3*1-2H3. The molecule has 0 bridgehead atoms. The van der Waals surface area contributed by atoms with Crippen molar-refractivity contribution in [1.82, 2.24) is 9.80 Å². The summed E-state index contributed by atoms with van der Waals surface area (Å²) in [5.74, 6) is 1.09. The summed E-state index contributed by atoms with van der Waals surface area (Å²) in [4.78, 5) is 8.42. The lowest BCUT2D eigenvalue weighted by atomic mass is 10.6. The van der Waals surface area contributed by atoms with Crippen LogP contribution in [-0.4, -0.2) is 50.0 Å². The van der Waals surface area contributed by atoms with Gasteiger partial charge in [0.1, 0.15) is 0 Å². The topological polar surface area (TPSA) is 18.8 Å². The molecule has 3 nitrogen and oxygen atoms in total. The van der Waals surface area contributed by atoms with Crippen LogP contribution in [0.3, 0.4) is 0 Å². The van der Waals surface area contributed by atoms with Crippen LogP contribution in [-0.2, 0) is 0 Å². The van der Waals surface area contributed by atoms with E-state index < -0.39 is 0 Å². The van der Waals surface area contributed by atoms with Crippen LogP contribution in [0.15, 0.2) is 4.99 Å². The maximum atomic E-state index is 4.12. The molecule has 0 saturated carbocycles. The molecule has 0 radical (unpaired) electrons. The van der Waals surface area contributed by atoms with Crippen molar-refractivity contribution in [2.45, 2.75) is 41.5 Å². The lowest BCUT2D eigenvalue weighted by Gasteiger charge is -2.13. The van der Waals surface area contributed by atoms with Crippen LogP contribution in [0.5, 0.6) is 0 Å². The predicted octanol–water partition coefficient (Wildman–Crippen LogP) is 2.93. The maximum absolute atomic E-state index is 4.12. The predicted molar refractivity (Wildman–Crippen MR) is 72.7 cm³/mol. The van der Waals surface area contributed by atoms with Gasteiger partial charge in [0.25, 0.3) is 0 Å². The van der Waals surface area contributed by atoms with Gasteiger partial charge in [0, 0.05) is 34.2 Å². The monoisotopic (exact) mass is 217 g/mol. The minimum Gasteiger partial charge on any atom is -0.344 e. The Morgan fingerprint density at radius 1 is 0.800 bits per heavy atom. The van der Waals surface area contributed by atoms with Crippen molar-refractivity contribution in [3.05, 3.63) is 0 Å². The van der Waals surface area contributed by atoms with Gasteiger partial charge in [-0.3, -0.25) is 4.99 Å². The molecular weight excluding hydrogens is 186 g/mol. The number of aliphatic imine (C=N–C) groups is 1. The average Bonchev–Trinajstić information content (AvgIpc) is 2.66. The fourth-order valence-electron chi connectivity index (χ4n) is 1.13. The highest BCUT2D eigenvalue weighted by atomic mass is 15.4. The van der Waals surface area contributed by atoms with Crippen molar-refractivity contribution >= 4 is 5.96 Å². The van der Waals surface area contributed by atoms with Gasteiger partial charge in [-0.25, -0.2) is 0 Å². The minimum atomic E-state index is 1.09. The van der Waals surface area contributed by atoms with Gasteiger partial charge in [0.2, 0.25) is 0 Å². The normalized spacial score (nSPS) is 12.7. The second-order valence-electron chi connectivity index (χ2n) is 2.37. The molecule has 0 aromatic heterocycles. The molecule has 1 saturated heterocycles. The first-order valence-corrected chi connectivity index (χ1v) is 6.14. The fourth-order valence-corrected chi connectivity index (χ4v) is 1.13. The first-order valence-electron chi connectivity index (χ1n) is 6.14. The van der Waals surface area contributed by atoms with Crippen LogP contribution in [0, 0.1) is 0 Å². The average molecular weight is 217 g/mol. The lowest BCUT2D eigenvalue weighted by Crippen LogP contribution is -2.27. The highest BCUT2D eigenvalue weighted by Gasteiger charge is 2.17. The fraction of sp³-hybridized carbons (Fsp3) is 0.917. The maximum Gasteiger partial charge on any atom is 0.195 e. The van der Waals surface area contributed by atoms with Crippen LogP contribution in [0.2, 0.25) is 0 Å². The summed E-state index contributed by atoms with van der Waals surface area (Å²) >= 11 is 0. The highest BCUT2D eigenvalue weighted by molar-refractivity contribution is 5.81. The quantitative estimate of drug-likeness (QED) is 0.621. The van der Waals surface area contributed by atoms with Crippen molar-refractivity contribution < 1.29 is 0 Å². The van der Waals surface area contributed by atoms with Gasteiger partial charge in [0.15, 0.2) is 5.96 Å². The van der Waals surface area contributed by atoms with E-state index in [0.29, 0.717) is 0 Å².